The molecule has 7 nitrogen and oxygen atoms in total. The minimum atomic E-state index is -0.881. The van der Waals surface area contributed by atoms with E-state index in [2.05, 4.69) is 10.6 Å². The van der Waals surface area contributed by atoms with Crippen LogP contribution < -0.4 is 22.1 Å². The molecule has 3 atom stereocenters. The van der Waals surface area contributed by atoms with Crippen LogP contribution in [-0.2, 0) is 27.2 Å². The summed E-state index contributed by atoms with van der Waals surface area (Å²) in [5.41, 5.74) is 15.6. The monoisotopic (exact) mass is 422 g/mol. The van der Waals surface area contributed by atoms with Crippen LogP contribution in [0.5, 0.6) is 0 Å². The topological polar surface area (TPSA) is 127 Å². The molecule has 0 saturated heterocycles. The number of benzene rings is 2. The van der Waals surface area contributed by atoms with Gasteiger partial charge in [0.15, 0.2) is 0 Å². The van der Waals surface area contributed by atoms with E-state index in [9.17, 15) is 14.4 Å². The van der Waals surface area contributed by atoms with E-state index >= 15 is 0 Å². The summed E-state index contributed by atoms with van der Waals surface area (Å²) in [6, 6.07) is 13.2. The molecule has 3 aliphatic rings. The van der Waals surface area contributed by atoms with Gasteiger partial charge in [-0.1, -0.05) is 62.4 Å². The molecule has 6 N–H and O–H groups in total. The van der Waals surface area contributed by atoms with Gasteiger partial charge in [0.05, 0.1) is 6.04 Å². The summed E-state index contributed by atoms with van der Waals surface area (Å²) in [5.74, 6) is -1.33. The van der Waals surface area contributed by atoms with Crippen LogP contribution in [0.1, 0.15) is 31.4 Å². The first-order valence-corrected chi connectivity index (χ1v) is 10.6. The Morgan fingerprint density at radius 1 is 0.903 bits per heavy atom. The number of amides is 3. The van der Waals surface area contributed by atoms with E-state index in [1.165, 1.54) is 0 Å². The number of primary amides is 1. The van der Waals surface area contributed by atoms with E-state index in [1.807, 2.05) is 62.4 Å². The molecule has 0 fully saturated rings. The first-order valence-electron chi connectivity index (χ1n) is 10.6. The summed E-state index contributed by atoms with van der Waals surface area (Å²) in [5, 5.41) is 5.47. The maximum Gasteiger partial charge on any atom is 0.243 e. The number of rotatable bonds is 3. The molecule has 2 aromatic carbocycles. The third-order valence-corrected chi connectivity index (χ3v) is 5.47. The quantitative estimate of drug-likeness (QED) is 0.594. The fraction of sp³-hybridized carbons (Fsp3) is 0.375. The van der Waals surface area contributed by atoms with Crippen LogP contribution in [0, 0.1) is 5.92 Å². The highest BCUT2D eigenvalue weighted by Crippen LogP contribution is 2.21. The van der Waals surface area contributed by atoms with Gasteiger partial charge in [0.25, 0.3) is 0 Å². The van der Waals surface area contributed by atoms with Crippen LogP contribution in [0.15, 0.2) is 48.5 Å². The molecule has 3 amide bonds. The number of hydrogen-bond acceptors (Lipinski definition) is 4. The van der Waals surface area contributed by atoms with Crippen molar-refractivity contribution < 1.29 is 14.4 Å². The lowest BCUT2D eigenvalue weighted by Crippen LogP contribution is -2.56. The second-order valence-corrected chi connectivity index (χ2v) is 8.56. The Kier molecular flexibility index (Phi) is 7.07. The van der Waals surface area contributed by atoms with Crippen LogP contribution in [0.4, 0.5) is 0 Å². The van der Waals surface area contributed by atoms with Gasteiger partial charge in [-0.2, -0.15) is 0 Å². The number of nitrogens with one attached hydrogen (secondary N) is 2. The molecular weight excluding hydrogens is 392 g/mol. The number of hydrogen-bond donors (Lipinski definition) is 4. The van der Waals surface area contributed by atoms with Crippen molar-refractivity contribution in [2.45, 2.75) is 51.2 Å². The van der Waals surface area contributed by atoms with Gasteiger partial charge in [-0.05, 0) is 41.0 Å². The van der Waals surface area contributed by atoms with Crippen LogP contribution in [0.2, 0.25) is 0 Å². The molecule has 0 unspecified atom stereocenters. The molecule has 7 heteroatoms. The molecule has 0 radical (unpaired) electrons. The van der Waals surface area contributed by atoms with Gasteiger partial charge >= 0.3 is 0 Å². The highest BCUT2D eigenvalue weighted by atomic mass is 16.2. The third-order valence-electron chi connectivity index (χ3n) is 5.47. The molecule has 0 aliphatic carbocycles. The summed E-state index contributed by atoms with van der Waals surface area (Å²) in [4.78, 5) is 37.7. The lowest BCUT2D eigenvalue weighted by molar-refractivity contribution is -0.132. The van der Waals surface area contributed by atoms with Crippen molar-refractivity contribution in [3.05, 3.63) is 59.7 Å². The normalized spacial score (nSPS) is 22.1. The fourth-order valence-corrected chi connectivity index (χ4v) is 3.73. The zero-order valence-corrected chi connectivity index (χ0v) is 17.9. The second-order valence-electron chi connectivity index (χ2n) is 8.56. The Labute approximate surface area is 182 Å². The van der Waals surface area contributed by atoms with Crippen molar-refractivity contribution in [1.82, 2.24) is 10.6 Å². The molecular formula is C24H30N4O3. The van der Waals surface area contributed by atoms with E-state index in [1.54, 1.807) is 0 Å². The van der Waals surface area contributed by atoms with E-state index < -0.39 is 35.8 Å². The van der Waals surface area contributed by atoms with Crippen molar-refractivity contribution >= 4 is 17.7 Å². The summed E-state index contributed by atoms with van der Waals surface area (Å²) in [6.45, 7) is 3.91. The lowest BCUT2D eigenvalue weighted by Gasteiger charge is -2.24. The summed E-state index contributed by atoms with van der Waals surface area (Å²) in [7, 11) is 0. The highest BCUT2D eigenvalue weighted by Gasteiger charge is 2.28. The molecule has 2 aromatic rings. The van der Waals surface area contributed by atoms with E-state index in [0.717, 1.165) is 22.3 Å². The second kappa shape index (κ2) is 9.75. The predicted molar refractivity (Wildman–Crippen MR) is 120 cm³/mol. The SMILES string of the molecule is CC(C)C[C@@H]1NC(=O)[C@@H](N)Cc2ccc(cc2)-c2ccc(cc2)C[C@@H](C(N)=O)NC1=O. The van der Waals surface area contributed by atoms with Crippen molar-refractivity contribution in [2.24, 2.45) is 17.4 Å². The van der Waals surface area contributed by atoms with Crippen LogP contribution >= 0.6 is 0 Å². The Bertz CT molecular complexity index is 938. The number of carbonyl (C=O) groups is 3. The average Bonchev–Trinajstić information content (AvgIpc) is 2.73. The zero-order valence-electron chi connectivity index (χ0n) is 17.9. The maximum absolute atomic E-state index is 12.9. The number of carbonyl (C=O) groups excluding carboxylic acids is 3. The van der Waals surface area contributed by atoms with Gasteiger partial charge in [-0.3, -0.25) is 14.4 Å². The Morgan fingerprint density at radius 3 is 1.90 bits per heavy atom. The minimum absolute atomic E-state index is 0.147. The molecule has 5 rings (SSSR count). The summed E-state index contributed by atoms with van der Waals surface area (Å²) >= 11 is 0. The first kappa shape index (κ1) is 22.5. The molecule has 3 aliphatic heterocycles. The van der Waals surface area contributed by atoms with Crippen LogP contribution in [0.3, 0.4) is 0 Å². The zero-order chi connectivity index (χ0) is 22.5. The van der Waals surface area contributed by atoms with Crippen molar-refractivity contribution in [1.29, 1.82) is 0 Å². The van der Waals surface area contributed by atoms with Gasteiger partial charge in [-0.25, -0.2) is 0 Å². The largest absolute Gasteiger partial charge is 0.368 e. The van der Waals surface area contributed by atoms with Gasteiger partial charge in [-0.15, -0.1) is 0 Å². The highest BCUT2D eigenvalue weighted by molar-refractivity contribution is 5.92. The first-order chi connectivity index (χ1) is 14.7. The molecule has 4 bridgehead atoms. The predicted octanol–water partition coefficient (Wildman–Crippen LogP) is 1.28. The van der Waals surface area contributed by atoms with Gasteiger partial charge in [0, 0.05) is 6.42 Å². The molecule has 0 saturated carbocycles. The molecule has 164 valence electrons. The Morgan fingerprint density at radius 2 is 1.42 bits per heavy atom. The van der Waals surface area contributed by atoms with Crippen LogP contribution in [-0.4, -0.2) is 35.8 Å². The maximum atomic E-state index is 12.9. The fourth-order valence-electron chi connectivity index (χ4n) is 3.73. The lowest BCUT2D eigenvalue weighted by atomic mass is 9.98. The number of fused-ring (bicyclic) bond motifs is 2. The van der Waals surface area contributed by atoms with Crippen molar-refractivity contribution in [3.63, 3.8) is 0 Å². The minimum Gasteiger partial charge on any atom is -0.368 e. The van der Waals surface area contributed by atoms with Gasteiger partial charge < -0.3 is 22.1 Å². The van der Waals surface area contributed by atoms with Crippen molar-refractivity contribution in [3.8, 4) is 11.1 Å². The van der Waals surface area contributed by atoms with Gasteiger partial charge in [0.2, 0.25) is 17.7 Å². The smallest absolute Gasteiger partial charge is 0.243 e. The third kappa shape index (κ3) is 5.92. The number of nitrogens with two attached hydrogens (primary N) is 2. The molecule has 0 aromatic heterocycles. The Balaban J connectivity index is 1.97. The Hall–Kier alpha value is -3.19. The van der Waals surface area contributed by atoms with E-state index in [0.29, 0.717) is 12.8 Å². The summed E-state index contributed by atoms with van der Waals surface area (Å²) in [6.07, 6.45) is 1.03. The van der Waals surface area contributed by atoms with Crippen molar-refractivity contribution in [2.75, 3.05) is 0 Å². The summed E-state index contributed by atoms with van der Waals surface area (Å²) < 4.78 is 0. The molecule has 0 spiro atoms. The molecule has 31 heavy (non-hydrogen) atoms. The average molecular weight is 423 g/mol. The van der Waals surface area contributed by atoms with Crippen LogP contribution in [0.25, 0.3) is 11.1 Å². The van der Waals surface area contributed by atoms with E-state index in [4.69, 9.17) is 11.5 Å². The molecule has 3 heterocycles. The van der Waals surface area contributed by atoms with Gasteiger partial charge in [0.1, 0.15) is 12.1 Å². The van der Waals surface area contributed by atoms with E-state index in [-0.39, 0.29) is 12.3 Å². The standard InChI is InChI=1S/C24H30N4O3/c1-14(2)11-21-24(31)27-20(22(26)29)13-16-5-9-18(10-6-16)17-7-3-15(4-8-17)12-19(25)23(30)28-21/h3-10,14,19-21H,11-13,25H2,1-2H3,(H2,26,29)(H,27,31)(H,28,30)/t19-,20-,21-/m0/s1.